The van der Waals surface area contributed by atoms with Crippen molar-refractivity contribution in [2.75, 3.05) is 0 Å². The molecule has 0 radical (unpaired) electrons. The van der Waals surface area contributed by atoms with Crippen LogP contribution in [-0.4, -0.2) is 15.4 Å². The molecule has 2 heterocycles. The molecule has 0 saturated heterocycles. The summed E-state index contributed by atoms with van der Waals surface area (Å²) in [6, 6.07) is 11.6. The van der Waals surface area contributed by atoms with Crippen molar-refractivity contribution in [3.63, 3.8) is 0 Å². The number of hydrogen-bond acceptors (Lipinski definition) is 2. The number of nitrogens with zero attached hydrogens (tertiary/aromatic N) is 2. The second kappa shape index (κ2) is 9.67. The first-order valence-electron chi connectivity index (χ1n) is 4.06. The van der Waals surface area contributed by atoms with Gasteiger partial charge in [-0.2, -0.15) is 0 Å². The molecule has 2 N–H and O–H groups in total. The average Bonchev–Trinajstić information content (AvgIpc) is 2.32. The van der Waals surface area contributed by atoms with Gasteiger partial charge in [0.25, 0.3) is 0 Å². The summed E-state index contributed by atoms with van der Waals surface area (Å²) in [5.74, 6) is 0. The first-order chi connectivity index (χ1) is 7.38. The summed E-state index contributed by atoms with van der Waals surface area (Å²) in [4.78, 5) is 8.37. The molecule has 3 nitrogen and oxygen atoms in total. The van der Waals surface area contributed by atoms with Gasteiger partial charge in [-0.05, 0) is 24.3 Å². The molecular weight excluding hydrogens is 336 g/mol. The summed E-state index contributed by atoms with van der Waals surface area (Å²) in [6.07, 6.45) is 3.54. The summed E-state index contributed by atoms with van der Waals surface area (Å²) in [7, 11) is 9.71. The maximum Gasteiger partial charge on any atom is 0.0886 e. The van der Waals surface area contributed by atoms with Crippen LogP contribution >= 0.6 is 19.4 Å². The molecule has 0 aliphatic heterocycles. The van der Waals surface area contributed by atoms with Crippen LogP contribution in [0.15, 0.2) is 48.8 Å². The van der Waals surface area contributed by atoms with E-state index in [1.807, 2.05) is 36.4 Å². The third-order valence-electron chi connectivity index (χ3n) is 1.59. The first-order valence-corrected chi connectivity index (χ1v) is 8.53. The largest absolute Gasteiger partial charge is 0.255 e. The molecule has 0 aliphatic rings. The van der Waals surface area contributed by atoms with E-state index in [1.54, 1.807) is 12.4 Å². The zero-order valence-electron chi connectivity index (χ0n) is 8.12. The van der Waals surface area contributed by atoms with Gasteiger partial charge < -0.3 is 5.48 Å². The normalized spacial score (nSPS) is 8.62. The molecule has 0 amide bonds. The van der Waals surface area contributed by atoms with Crippen molar-refractivity contribution in [2.24, 2.45) is 0 Å². The second-order valence-corrected chi connectivity index (χ2v) is 5.12. The average molecular weight is 346 g/mol. The van der Waals surface area contributed by atoms with Crippen LogP contribution in [0.4, 0.5) is 0 Å². The van der Waals surface area contributed by atoms with Crippen LogP contribution < -0.4 is 0 Å². The van der Waals surface area contributed by atoms with Crippen LogP contribution in [0.3, 0.4) is 0 Å². The minimum Gasteiger partial charge on any atom is -0.255 e. The van der Waals surface area contributed by atoms with E-state index >= 15 is 0 Å². The number of rotatable bonds is 1. The smallest absolute Gasteiger partial charge is 0.0886 e. The van der Waals surface area contributed by atoms with Crippen molar-refractivity contribution in [3.05, 3.63) is 48.8 Å². The monoisotopic (exact) mass is 346 g/mol. The fraction of sp³-hybridized carbons (Fsp3) is 0. The molecule has 0 spiro atoms. The van der Waals surface area contributed by atoms with Crippen molar-refractivity contribution in [2.45, 2.75) is 0 Å². The fourth-order valence-electron chi connectivity index (χ4n) is 1.03. The SMILES string of the molecule is O.[Cl][Ru][Cl].c1ccc(-c2ccccn2)nc1. The fourth-order valence-corrected chi connectivity index (χ4v) is 1.03. The van der Waals surface area contributed by atoms with Gasteiger partial charge in [0.1, 0.15) is 0 Å². The van der Waals surface area contributed by atoms with Gasteiger partial charge in [-0.25, -0.2) is 0 Å². The van der Waals surface area contributed by atoms with E-state index in [2.05, 4.69) is 9.97 Å². The number of aromatic nitrogens is 2. The van der Waals surface area contributed by atoms with Crippen molar-refractivity contribution < 1.29 is 20.6 Å². The van der Waals surface area contributed by atoms with E-state index in [0.29, 0.717) is 0 Å². The van der Waals surface area contributed by atoms with Crippen LogP contribution in [0.25, 0.3) is 11.4 Å². The molecule has 2 aromatic heterocycles. The van der Waals surface area contributed by atoms with E-state index < -0.39 is 0 Å². The van der Waals surface area contributed by atoms with Crippen LogP contribution in [0, 0.1) is 0 Å². The predicted octanol–water partition coefficient (Wildman–Crippen LogP) is 2.70. The molecule has 0 bridgehead atoms. The summed E-state index contributed by atoms with van der Waals surface area (Å²) >= 11 is -0.346. The molecule has 0 fully saturated rings. The molecule has 0 atom stereocenters. The molecule has 88 valence electrons. The molecule has 6 heteroatoms. The molecule has 2 aromatic rings. The Morgan fingerprint density at radius 1 is 0.812 bits per heavy atom. The van der Waals surface area contributed by atoms with Crippen LogP contribution in [0.2, 0.25) is 0 Å². The van der Waals surface area contributed by atoms with Crippen LogP contribution in [0.5, 0.6) is 0 Å². The van der Waals surface area contributed by atoms with E-state index in [1.165, 1.54) is 0 Å². The number of halogens is 2. The quantitative estimate of drug-likeness (QED) is 0.746. The van der Waals surface area contributed by atoms with Crippen LogP contribution in [0.1, 0.15) is 0 Å². The minimum absolute atomic E-state index is 0. The van der Waals surface area contributed by atoms with Crippen molar-refractivity contribution >= 4 is 19.4 Å². The molecule has 0 aliphatic carbocycles. The Hall–Kier alpha value is -0.537. The Morgan fingerprint density at radius 3 is 1.44 bits per heavy atom. The third-order valence-corrected chi connectivity index (χ3v) is 1.59. The predicted molar refractivity (Wildman–Crippen MR) is 62.8 cm³/mol. The summed E-state index contributed by atoms with van der Waals surface area (Å²) in [6.45, 7) is 0. The molecule has 0 aromatic carbocycles. The zero-order chi connectivity index (χ0) is 10.9. The summed E-state index contributed by atoms with van der Waals surface area (Å²) in [5, 5.41) is 0. The van der Waals surface area contributed by atoms with E-state index in [-0.39, 0.29) is 20.6 Å². The summed E-state index contributed by atoms with van der Waals surface area (Å²) in [5.41, 5.74) is 1.83. The van der Waals surface area contributed by atoms with E-state index in [4.69, 9.17) is 19.4 Å². The van der Waals surface area contributed by atoms with Gasteiger partial charge in [0.2, 0.25) is 0 Å². The molecule has 2 rings (SSSR count). The number of pyridine rings is 2. The van der Waals surface area contributed by atoms with Crippen molar-refractivity contribution in [3.8, 4) is 11.4 Å². The maximum absolute atomic E-state index is 4.85. The van der Waals surface area contributed by atoms with Gasteiger partial charge in [-0.3, -0.25) is 9.97 Å². The third kappa shape index (κ3) is 5.52. The zero-order valence-corrected chi connectivity index (χ0v) is 11.4. The van der Waals surface area contributed by atoms with E-state index in [0.717, 1.165) is 11.4 Å². The Morgan fingerprint density at radius 2 is 1.19 bits per heavy atom. The molecule has 0 unspecified atom stereocenters. The van der Waals surface area contributed by atoms with Gasteiger partial charge in [-0.15, -0.1) is 0 Å². The van der Waals surface area contributed by atoms with Gasteiger partial charge in [0.15, 0.2) is 0 Å². The second-order valence-electron chi connectivity index (χ2n) is 2.48. The Kier molecular flexibility index (Phi) is 9.35. The summed E-state index contributed by atoms with van der Waals surface area (Å²) < 4.78 is 0. The van der Waals surface area contributed by atoms with Crippen molar-refractivity contribution in [1.29, 1.82) is 0 Å². The van der Waals surface area contributed by atoms with Gasteiger partial charge in [0.05, 0.1) is 11.4 Å². The van der Waals surface area contributed by atoms with Crippen LogP contribution in [-0.2, 0) is 15.1 Å². The van der Waals surface area contributed by atoms with E-state index in [9.17, 15) is 0 Å². The van der Waals surface area contributed by atoms with Gasteiger partial charge >= 0.3 is 34.5 Å². The molecule has 16 heavy (non-hydrogen) atoms. The Balaban J connectivity index is 0.000000511. The first kappa shape index (κ1) is 15.5. The topological polar surface area (TPSA) is 57.3 Å². The van der Waals surface area contributed by atoms with Gasteiger partial charge in [-0.1, -0.05) is 12.1 Å². The van der Waals surface area contributed by atoms with Crippen molar-refractivity contribution in [1.82, 2.24) is 9.97 Å². The Bertz CT molecular complexity index is 338. The number of hydrogen-bond donors (Lipinski definition) is 0. The Labute approximate surface area is 110 Å². The molecule has 0 saturated carbocycles. The minimum atomic E-state index is -0.346. The molecular formula is C10H10Cl2N2ORu. The standard InChI is InChI=1S/C10H8N2.2ClH.H2O.Ru/c1-3-7-11-9(5-1)10-6-2-4-8-12-10;;;;/h1-8H;2*1H;1H2;/q;;;;+2/p-2. The maximum atomic E-state index is 4.85. The van der Waals surface area contributed by atoms with Gasteiger partial charge in [0, 0.05) is 12.4 Å².